The Morgan fingerprint density at radius 2 is 1.92 bits per heavy atom. The summed E-state index contributed by atoms with van der Waals surface area (Å²) < 4.78 is 0. The van der Waals surface area contributed by atoms with Crippen molar-refractivity contribution in [2.45, 2.75) is 27.7 Å². The van der Waals surface area contributed by atoms with E-state index in [1.54, 1.807) is 0 Å². The number of allylic oxidation sites excluding steroid dienone is 1. The third-order valence-corrected chi connectivity index (χ3v) is 1.98. The van der Waals surface area contributed by atoms with E-state index in [9.17, 15) is 0 Å². The lowest BCUT2D eigenvalue weighted by molar-refractivity contribution is 0.717. The zero-order chi connectivity index (χ0) is 9.14. The van der Waals surface area contributed by atoms with E-state index in [4.69, 9.17) is 0 Å². The maximum Gasteiger partial charge on any atom is 0.105 e. The summed E-state index contributed by atoms with van der Waals surface area (Å²) in [6.07, 6.45) is 2.16. The van der Waals surface area contributed by atoms with E-state index in [0.29, 0.717) is 11.8 Å². The van der Waals surface area contributed by atoms with Gasteiger partial charge in [-0.1, -0.05) is 27.7 Å². The van der Waals surface area contributed by atoms with Crippen molar-refractivity contribution in [3.63, 3.8) is 0 Å². The molecule has 0 unspecified atom stereocenters. The van der Waals surface area contributed by atoms with Gasteiger partial charge in [-0.15, -0.1) is 0 Å². The predicted octanol–water partition coefficient (Wildman–Crippen LogP) is 2.18. The Kier molecular flexibility index (Phi) is 2.90. The minimum Gasteiger partial charge on any atom is -0.370 e. The van der Waals surface area contributed by atoms with E-state index in [1.165, 1.54) is 5.70 Å². The minimum absolute atomic E-state index is 0.507. The lowest BCUT2D eigenvalue weighted by atomic mass is 10.1. The molecule has 0 saturated carbocycles. The van der Waals surface area contributed by atoms with Gasteiger partial charge in [-0.25, -0.2) is 4.99 Å². The molecule has 0 saturated heterocycles. The van der Waals surface area contributed by atoms with Gasteiger partial charge in [0.05, 0.1) is 0 Å². The fraction of sp³-hybridized carbons (Fsp3) is 0.700. The van der Waals surface area contributed by atoms with Gasteiger partial charge in [-0.3, -0.25) is 0 Å². The molecule has 0 aromatic rings. The van der Waals surface area contributed by atoms with Crippen molar-refractivity contribution in [1.29, 1.82) is 0 Å². The minimum atomic E-state index is 0.507. The lowest BCUT2D eigenvalue weighted by Crippen LogP contribution is -2.31. The molecule has 68 valence electrons. The second-order valence-corrected chi connectivity index (χ2v) is 3.82. The molecule has 12 heavy (non-hydrogen) atoms. The molecule has 0 amide bonds. The van der Waals surface area contributed by atoms with Crippen molar-refractivity contribution >= 4 is 5.84 Å². The number of hydrogen-bond donors (Lipinski definition) is 1. The van der Waals surface area contributed by atoms with Crippen LogP contribution in [0.5, 0.6) is 0 Å². The van der Waals surface area contributed by atoms with E-state index < -0.39 is 0 Å². The fourth-order valence-corrected chi connectivity index (χ4v) is 1.18. The highest BCUT2D eigenvalue weighted by molar-refractivity contribution is 5.85. The molecule has 1 aliphatic rings. The average Bonchev–Trinajstić information content (AvgIpc) is 2.04. The van der Waals surface area contributed by atoms with Crippen LogP contribution < -0.4 is 5.32 Å². The van der Waals surface area contributed by atoms with Gasteiger partial charge in [0.15, 0.2) is 0 Å². The summed E-state index contributed by atoms with van der Waals surface area (Å²) in [5.74, 6) is 2.18. The van der Waals surface area contributed by atoms with E-state index in [-0.39, 0.29) is 0 Å². The first-order valence-electron chi connectivity index (χ1n) is 4.63. The first-order chi connectivity index (χ1) is 5.61. The van der Waals surface area contributed by atoms with Crippen LogP contribution in [0.1, 0.15) is 27.7 Å². The summed E-state index contributed by atoms with van der Waals surface area (Å²) in [5, 5.41) is 3.28. The van der Waals surface area contributed by atoms with Gasteiger partial charge in [0.25, 0.3) is 0 Å². The van der Waals surface area contributed by atoms with Crippen LogP contribution in [0.4, 0.5) is 0 Å². The van der Waals surface area contributed by atoms with Crippen molar-refractivity contribution in [3.8, 4) is 0 Å². The maximum atomic E-state index is 4.55. The van der Waals surface area contributed by atoms with Crippen LogP contribution in [0.25, 0.3) is 0 Å². The van der Waals surface area contributed by atoms with Crippen molar-refractivity contribution in [2.75, 3.05) is 6.54 Å². The molecule has 0 aliphatic carbocycles. The van der Waals surface area contributed by atoms with Crippen molar-refractivity contribution < 1.29 is 0 Å². The zero-order valence-electron chi connectivity index (χ0n) is 8.39. The van der Waals surface area contributed by atoms with Crippen LogP contribution in [0.15, 0.2) is 16.8 Å². The van der Waals surface area contributed by atoms with Gasteiger partial charge >= 0.3 is 0 Å². The summed E-state index contributed by atoms with van der Waals surface area (Å²) in [5.41, 5.74) is 1.22. The molecule has 1 rings (SSSR count). The molecule has 0 atom stereocenters. The standard InChI is InChI=1S/C10H18N2/c1-7(2)9-5-6-11-10(12-9)8(3)4/h5,7-8H,6H2,1-4H3,(H,11,12). The smallest absolute Gasteiger partial charge is 0.105 e. The number of nitrogens with one attached hydrogen (secondary N) is 1. The fourth-order valence-electron chi connectivity index (χ4n) is 1.18. The molecule has 1 N–H and O–H groups in total. The number of rotatable bonds is 2. The number of amidine groups is 1. The van der Waals surface area contributed by atoms with Crippen LogP contribution in [0, 0.1) is 11.8 Å². The van der Waals surface area contributed by atoms with E-state index in [0.717, 1.165) is 12.4 Å². The molecule has 2 nitrogen and oxygen atoms in total. The van der Waals surface area contributed by atoms with Crippen LogP contribution in [-0.4, -0.2) is 12.4 Å². The molecule has 2 heteroatoms. The van der Waals surface area contributed by atoms with E-state index in [1.807, 2.05) is 0 Å². The van der Waals surface area contributed by atoms with Gasteiger partial charge < -0.3 is 5.32 Å². The highest BCUT2D eigenvalue weighted by atomic mass is 15.0. The van der Waals surface area contributed by atoms with Crippen molar-refractivity contribution in [2.24, 2.45) is 16.8 Å². The van der Waals surface area contributed by atoms with Gasteiger partial charge in [0.1, 0.15) is 5.84 Å². The molecular weight excluding hydrogens is 148 g/mol. The number of aliphatic imine (C=N–C) groups is 1. The SMILES string of the molecule is CC(C)C1=CCNC(C(C)C)=N1. The Labute approximate surface area is 74.8 Å². The van der Waals surface area contributed by atoms with Gasteiger partial charge in [0, 0.05) is 18.2 Å². The van der Waals surface area contributed by atoms with Crippen LogP contribution in [0.2, 0.25) is 0 Å². The zero-order valence-corrected chi connectivity index (χ0v) is 8.39. The predicted molar refractivity (Wildman–Crippen MR) is 53.2 cm³/mol. The Morgan fingerprint density at radius 3 is 2.42 bits per heavy atom. The van der Waals surface area contributed by atoms with Crippen LogP contribution in [-0.2, 0) is 0 Å². The van der Waals surface area contributed by atoms with Crippen molar-refractivity contribution in [3.05, 3.63) is 11.8 Å². The topological polar surface area (TPSA) is 24.4 Å². The molecular formula is C10H18N2. The number of nitrogens with zero attached hydrogens (tertiary/aromatic N) is 1. The lowest BCUT2D eigenvalue weighted by Gasteiger charge is -2.19. The molecule has 0 spiro atoms. The van der Waals surface area contributed by atoms with E-state index in [2.05, 4.69) is 44.1 Å². The van der Waals surface area contributed by atoms with Crippen LogP contribution >= 0.6 is 0 Å². The maximum absolute atomic E-state index is 4.55. The molecule has 1 heterocycles. The molecule has 0 bridgehead atoms. The highest BCUT2D eigenvalue weighted by Gasteiger charge is 2.11. The summed E-state index contributed by atoms with van der Waals surface area (Å²) in [7, 11) is 0. The quantitative estimate of drug-likeness (QED) is 0.668. The van der Waals surface area contributed by atoms with Gasteiger partial charge in [-0.2, -0.15) is 0 Å². The second-order valence-electron chi connectivity index (χ2n) is 3.82. The largest absolute Gasteiger partial charge is 0.370 e. The Hall–Kier alpha value is -0.790. The summed E-state index contributed by atoms with van der Waals surface area (Å²) in [6, 6.07) is 0. The second kappa shape index (κ2) is 3.74. The van der Waals surface area contributed by atoms with E-state index >= 15 is 0 Å². The Balaban J connectivity index is 2.74. The summed E-state index contributed by atoms with van der Waals surface area (Å²) in [6.45, 7) is 9.62. The number of hydrogen-bond acceptors (Lipinski definition) is 2. The first kappa shape index (κ1) is 9.30. The first-order valence-corrected chi connectivity index (χ1v) is 4.63. The molecule has 1 aliphatic heterocycles. The third-order valence-electron chi connectivity index (χ3n) is 1.98. The molecule has 0 aromatic heterocycles. The van der Waals surface area contributed by atoms with Gasteiger partial charge in [0.2, 0.25) is 0 Å². The Morgan fingerprint density at radius 1 is 1.25 bits per heavy atom. The molecule has 0 radical (unpaired) electrons. The van der Waals surface area contributed by atoms with Crippen molar-refractivity contribution in [1.82, 2.24) is 5.32 Å². The summed E-state index contributed by atoms with van der Waals surface area (Å²) >= 11 is 0. The molecule has 0 aromatic carbocycles. The third kappa shape index (κ3) is 2.10. The Bertz CT molecular complexity index is 212. The average molecular weight is 166 g/mol. The van der Waals surface area contributed by atoms with Crippen LogP contribution in [0.3, 0.4) is 0 Å². The van der Waals surface area contributed by atoms with Gasteiger partial charge in [-0.05, 0) is 12.0 Å². The highest BCUT2D eigenvalue weighted by Crippen LogP contribution is 2.14. The normalized spacial score (nSPS) is 17.5. The molecule has 0 fully saturated rings. The summed E-state index contributed by atoms with van der Waals surface area (Å²) in [4.78, 5) is 4.55. The monoisotopic (exact) mass is 166 g/mol.